The SMILES string of the molecule is CC(C)Oc1cccc(-c2cnc(C3CC(=O)N(C(C)C)C3)[nH]2)c1.O=C(O)C(F)(F)F. The van der Waals surface area contributed by atoms with E-state index in [4.69, 9.17) is 14.6 Å². The lowest BCUT2D eigenvalue weighted by molar-refractivity contribution is -0.192. The molecule has 2 N–H and O–H groups in total. The summed E-state index contributed by atoms with van der Waals surface area (Å²) in [6.07, 6.45) is -2.57. The van der Waals surface area contributed by atoms with Gasteiger partial charge in [-0.05, 0) is 39.8 Å². The molecular formula is C21H26F3N3O4. The predicted octanol–water partition coefficient (Wildman–Crippen LogP) is 4.22. The Labute approximate surface area is 178 Å². The molecule has 0 aliphatic carbocycles. The normalized spacial score (nSPS) is 16.5. The Hall–Kier alpha value is -3.04. The van der Waals surface area contributed by atoms with E-state index in [1.54, 1.807) is 0 Å². The fourth-order valence-electron chi connectivity index (χ4n) is 3.11. The predicted molar refractivity (Wildman–Crippen MR) is 108 cm³/mol. The molecule has 1 aliphatic rings. The fourth-order valence-corrected chi connectivity index (χ4v) is 3.11. The van der Waals surface area contributed by atoms with Crippen LogP contribution in [0.3, 0.4) is 0 Å². The van der Waals surface area contributed by atoms with Gasteiger partial charge in [-0.3, -0.25) is 4.79 Å². The number of halogens is 3. The molecule has 1 aromatic heterocycles. The molecule has 1 unspecified atom stereocenters. The van der Waals surface area contributed by atoms with E-state index in [0.29, 0.717) is 6.42 Å². The first-order valence-electron chi connectivity index (χ1n) is 9.80. The van der Waals surface area contributed by atoms with E-state index in [2.05, 4.69) is 9.97 Å². The number of ether oxygens (including phenoxy) is 1. The van der Waals surface area contributed by atoms with Crippen molar-refractivity contribution in [3.63, 3.8) is 0 Å². The van der Waals surface area contributed by atoms with Gasteiger partial charge in [-0.25, -0.2) is 9.78 Å². The number of carboxylic acid groups (broad SMARTS) is 1. The van der Waals surface area contributed by atoms with Crippen molar-refractivity contribution in [2.75, 3.05) is 6.54 Å². The number of carboxylic acids is 1. The molecule has 0 spiro atoms. The quantitative estimate of drug-likeness (QED) is 0.724. The van der Waals surface area contributed by atoms with Gasteiger partial charge in [-0.1, -0.05) is 12.1 Å². The number of aliphatic carboxylic acids is 1. The van der Waals surface area contributed by atoms with Crippen molar-refractivity contribution >= 4 is 11.9 Å². The van der Waals surface area contributed by atoms with Gasteiger partial charge in [-0.2, -0.15) is 13.2 Å². The zero-order chi connectivity index (χ0) is 23.3. The van der Waals surface area contributed by atoms with Crippen LogP contribution in [-0.4, -0.2) is 56.7 Å². The molecule has 10 heteroatoms. The summed E-state index contributed by atoms with van der Waals surface area (Å²) in [6, 6.07) is 8.22. The van der Waals surface area contributed by atoms with Crippen LogP contribution in [-0.2, 0) is 9.59 Å². The number of nitrogens with one attached hydrogen (secondary N) is 1. The van der Waals surface area contributed by atoms with Gasteiger partial charge < -0.3 is 19.7 Å². The molecule has 31 heavy (non-hydrogen) atoms. The molecule has 1 amide bonds. The molecule has 0 bridgehead atoms. The van der Waals surface area contributed by atoms with Crippen LogP contribution in [0.15, 0.2) is 30.5 Å². The Morgan fingerprint density at radius 2 is 1.94 bits per heavy atom. The van der Waals surface area contributed by atoms with Gasteiger partial charge in [0.15, 0.2) is 0 Å². The summed E-state index contributed by atoms with van der Waals surface area (Å²) in [5.74, 6) is -0.672. The van der Waals surface area contributed by atoms with Crippen molar-refractivity contribution in [2.24, 2.45) is 0 Å². The molecule has 2 aromatic rings. The molecule has 170 valence electrons. The smallest absolute Gasteiger partial charge is 0.490 e. The highest BCUT2D eigenvalue weighted by atomic mass is 19.4. The summed E-state index contributed by atoms with van der Waals surface area (Å²) in [4.78, 5) is 30.8. The largest absolute Gasteiger partial charge is 0.491 e. The van der Waals surface area contributed by atoms with Crippen LogP contribution in [0, 0.1) is 0 Å². The molecule has 0 saturated carbocycles. The maximum atomic E-state index is 12.1. The molecule has 1 fully saturated rings. The number of imidazole rings is 1. The van der Waals surface area contributed by atoms with Gasteiger partial charge >= 0.3 is 12.1 Å². The Morgan fingerprint density at radius 1 is 1.29 bits per heavy atom. The summed E-state index contributed by atoms with van der Waals surface area (Å²) in [5.41, 5.74) is 1.99. The van der Waals surface area contributed by atoms with Crippen LogP contribution in [0.2, 0.25) is 0 Å². The van der Waals surface area contributed by atoms with E-state index in [-0.39, 0.29) is 24.0 Å². The summed E-state index contributed by atoms with van der Waals surface area (Å²) in [6.45, 7) is 8.86. The molecule has 1 aromatic carbocycles. The topological polar surface area (TPSA) is 95.5 Å². The first-order chi connectivity index (χ1) is 14.4. The third-order valence-electron chi connectivity index (χ3n) is 4.52. The zero-order valence-corrected chi connectivity index (χ0v) is 17.7. The second-order valence-corrected chi connectivity index (χ2v) is 7.72. The standard InChI is InChI=1S/C19H25N3O2.C2HF3O2/c1-12(2)22-11-15(9-18(22)23)19-20-10-17(21-19)14-6-5-7-16(8-14)24-13(3)4;3-2(4,5)1(6)7/h5-8,10,12-13,15H,9,11H2,1-4H3,(H,20,21);(H,6,7). The number of alkyl halides is 3. The lowest BCUT2D eigenvalue weighted by atomic mass is 10.1. The van der Waals surface area contributed by atoms with Crippen molar-refractivity contribution in [1.82, 2.24) is 14.9 Å². The van der Waals surface area contributed by atoms with E-state index >= 15 is 0 Å². The van der Waals surface area contributed by atoms with Gasteiger partial charge in [0.1, 0.15) is 11.6 Å². The number of likely N-dealkylation sites (tertiary alicyclic amines) is 1. The highest BCUT2D eigenvalue weighted by molar-refractivity contribution is 5.80. The van der Waals surface area contributed by atoms with Crippen LogP contribution >= 0.6 is 0 Å². The summed E-state index contributed by atoms with van der Waals surface area (Å²) in [5, 5.41) is 7.12. The molecule has 3 rings (SSSR count). The Morgan fingerprint density at radius 3 is 2.45 bits per heavy atom. The van der Waals surface area contributed by atoms with Crippen molar-refractivity contribution in [3.8, 4) is 17.0 Å². The van der Waals surface area contributed by atoms with E-state index in [0.717, 1.165) is 29.4 Å². The summed E-state index contributed by atoms with van der Waals surface area (Å²) >= 11 is 0. The van der Waals surface area contributed by atoms with Crippen LogP contribution in [0.25, 0.3) is 11.3 Å². The first-order valence-corrected chi connectivity index (χ1v) is 9.80. The minimum atomic E-state index is -5.08. The first kappa shape index (κ1) is 24.2. The minimum absolute atomic E-state index is 0.142. The number of rotatable bonds is 5. The average Bonchev–Trinajstić information content (AvgIpc) is 3.28. The third kappa shape index (κ3) is 6.73. The van der Waals surface area contributed by atoms with E-state index < -0.39 is 12.1 Å². The Balaban J connectivity index is 0.000000423. The van der Waals surface area contributed by atoms with Crippen molar-refractivity contribution in [2.45, 2.75) is 58.4 Å². The maximum Gasteiger partial charge on any atom is 0.490 e. The highest BCUT2D eigenvalue weighted by Crippen LogP contribution is 2.30. The molecule has 1 aliphatic heterocycles. The van der Waals surface area contributed by atoms with Gasteiger partial charge in [-0.15, -0.1) is 0 Å². The van der Waals surface area contributed by atoms with Crippen LogP contribution in [0.4, 0.5) is 13.2 Å². The molecule has 7 nitrogen and oxygen atoms in total. The van der Waals surface area contributed by atoms with Crippen molar-refractivity contribution in [3.05, 3.63) is 36.3 Å². The van der Waals surface area contributed by atoms with E-state index in [9.17, 15) is 18.0 Å². The average molecular weight is 441 g/mol. The van der Waals surface area contributed by atoms with Crippen molar-refractivity contribution in [1.29, 1.82) is 0 Å². The molecule has 1 saturated heterocycles. The second kappa shape index (κ2) is 9.84. The number of carbonyl (C=O) groups is 2. The van der Waals surface area contributed by atoms with Gasteiger partial charge in [0.2, 0.25) is 5.91 Å². The number of H-pyrrole nitrogens is 1. The third-order valence-corrected chi connectivity index (χ3v) is 4.52. The Kier molecular flexibility index (Phi) is 7.70. The second-order valence-electron chi connectivity index (χ2n) is 7.72. The van der Waals surface area contributed by atoms with Crippen LogP contribution in [0.1, 0.15) is 45.9 Å². The molecule has 0 radical (unpaired) electrons. The number of carbonyl (C=O) groups excluding carboxylic acids is 1. The van der Waals surface area contributed by atoms with Gasteiger partial charge in [0.05, 0.1) is 18.0 Å². The number of hydrogen-bond donors (Lipinski definition) is 2. The van der Waals surface area contributed by atoms with Crippen LogP contribution < -0.4 is 4.74 Å². The molecule has 1 atom stereocenters. The van der Waals surface area contributed by atoms with E-state index in [1.165, 1.54) is 0 Å². The summed E-state index contributed by atoms with van der Waals surface area (Å²) < 4.78 is 37.5. The molecule has 2 heterocycles. The van der Waals surface area contributed by atoms with Gasteiger partial charge in [0.25, 0.3) is 0 Å². The lowest BCUT2D eigenvalue weighted by Gasteiger charge is -2.20. The number of amides is 1. The minimum Gasteiger partial charge on any atom is -0.491 e. The number of benzene rings is 1. The monoisotopic (exact) mass is 441 g/mol. The summed E-state index contributed by atoms with van der Waals surface area (Å²) in [7, 11) is 0. The highest BCUT2D eigenvalue weighted by Gasteiger charge is 2.38. The number of hydrogen-bond acceptors (Lipinski definition) is 4. The number of nitrogens with zero attached hydrogens (tertiary/aromatic N) is 2. The maximum absolute atomic E-state index is 12.1. The lowest BCUT2D eigenvalue weighted by Crippen LogP contribution is -2.31. The zero-order valence-electron chi connectivity index (χ0n) is 17.7. The van der Waals surface area contributed by atoms with Gasteiger partial charge in [0, 0.05) is 30.5 Å². The van der Waals surface area contributed by atoms with Crippen molar-refractivity contribution < 1.29 is 32.6 Å². The number of aromatic nitrogens is 2. The number of aromatic amines is 1. The van der Waals surface area contributed by atoms with E-state index in [1.807, 2.05) is 63.1 Å². The Bertz CT molecular complexity index is 909. The molecular weight excluding hydrogens is 415 g/mol. The fraction of sp³-hybridized carbons (Fsp3) is 0.476. The van der Waals surface area contributed by atoms with Crippen LogP contribution in [0.5, 0.6) is 5.75 Å².